The van der Waals surface area contributed by atoms with Gasteiger partial charge in [0.25, 0.3) is 0 Å². The molecule has 4 unspecified atom stereocenters. The minimum Gasteiger partial charge on any atom is -0.459 e. The van der Waals surface area contributed by atoms with E-state index in [-0.39, 0.29) is 30.1 Å². The van der Waals surface area contributed by atoms with E-state index in [2.05, 4.69) is 20.8 Å². The summed E-state index contributed by atoms with van der Waals surface area (Å²) in [4.78, 5) is 25.5. The summed E-state index contributed by atoms with van der Waals surface area (Å²) in [5.41, 5.74) is 1.16. The van der Waals surface area contributed by atoms with Crippen LogP contribution >= 0.6 is 0 Å². The van der Waals surface area contributed by atoms with Crippen LogP contribution in [0.2, 0.25) is 0 Å². The second kappa shape index (κ2) is 15.3. The molecule has 0 amide bonds. The summed E-state index contributed by atoms with van der Waals surface area (Å²) in [5.74, 6) is 0.00368. The Balaban J connectivity index is 2.15. The van der Waals surface area contributed by atoms with Crippen LogP contribution < -0.4 is 0 Å². The second-order valence-corrected chi connectivity index (χ2v) is 9.22. The molecule has 0 heterocycles. The van der Waals surface area contributed by atoms with Gasteiger partial charge in [0.2, 0.25) is 0 Å². The van der Waals surface area contributed by atoms with Gasteiger partial charge < -0.3 is 9.47 Å². The molecule has 0 aliphatic heterocycles. The molecule has 4 heteroatoms. The fourth-order valence-corrected chi connectivity index (χ4v) is 4.59. The topological polar surface area (TPSA) is 52.6 Å². The molecule has 4 atom stereocenters. The molecule has 0 aromatic heterocycles. The van der Waals surface area contributed by atoms with Gasteiger partial charge in [0.05, 0.1) is 11.1 Å². The molecule has 0 bridgehead atoms. The van der Waals surface area contributed by atoms with Crippen LogP contribution in [-0.4, -0.2) is 24.1 Å². The molecule has 186 valence electrons. The zero-order valence-corrected chi connectivity index (χ0v) is 21.4. The van der Waals surface area contributed by atoms with E-state index < -0.39 is 0 Å². The number of unbranched alkanes of at least 4 members (excludes halogenated alkanes) is 2. The van der Waals surface area contributed by atoms with Gasteiger partial charge in [0, 0.05) is 0 Å². The third-order valence-electron chi connectivity index (χ3n) is 6.63. The maximum Gasteiger partial charge on any atom is 0.338 e. The van der Waals surface area contributed by atoms with Gasteiger partial charge >= 0.3 is 11.9 Å². The summed E-state index contributed by atoms with van der Waals surface area (Å²) in [6, 6.07) is 18.4. The predicted octanol–water partition coefficient (Wildman–Crippen LogP) is 7.87. The van der Waals surface area contributed by atoms with Crippen LogP contribution in [0.3, 0.4) is 0 Å². The Bertz CT molecular complexity index is 833. The Hall–Kier alpha value is -2.62. The molecule has 2 aromatic rings. The minimum atomic E-state index is -0.272. The Morgan fingerprint density at radius 3 is 1.74 bits per heavy atom. The van der Waals surface area contributed by atoms with Crippen LogP contribution in [0.15, 0.2) is 60.7 Å². The monoisotopic (exact) mass is 466 g/mol. The zero-order valence-electron chi connectivity index (χ0n) is 21.4. The van der Waals surface area contributed by atoms with E-state index >= 15 is 0 Å². The fourth-order valence-electron chi connectivity index (χ4n) is 4.59. The van der Waals surface area contributed by atoms with Crippen molar-refractivity contribution < 1.29 is 19.1 Å². The SMILES string of the molecule is CCCCC(CC(CC)OC(=O)c1ccccc1)C(CCCC)C(C)OC(=O)c1ccccc1. The zero-order chi connectivity index (χ0) is 24.8. The normalized spacial score (nSPS) is 14.6. The predicted molar refractivity (Wildman–Crippen MR) is 138 cm³/mol. The van der Waals surface area contributed by atoms with Crippen LogP contribution in [0.25, 0.3) is 0 Å². The Labute approximate surface area is 206 Å². The Morgan fingerprint density at radius 2 is 1.24 bits per heavy atom. The van der Waals surface area contributed by atoms with Crippen molar-refractivity contribution in [3.8, 4) is 0 Å². The van der Waals surface area contributed by atoms with E-state index in [9.17, 15) is 9.59 Å². The van der Waals surface area contributed by atoms with Crippen LogP contribution in [0.1, 0.15) is 99.8 Å². The highest BCUT2D eigenvalue weighted by Gasteiger charge is 2.31. The van der Waals surface area contributed by atoms with Gasteiger partial charge in [0.15, 0.2) is 0 Å². The van der Waals surface area contributed by atoms with Crippen LogP contribution in [0.4, 0.5) is 0 Å². The lowest BCUT2D eigenvalue weighted by molar-refractivity contribution is -0.00684. The van der Waals surface area contributed by atoms with E-state index in [1.54, 1.807) is 24.3 Å². The first-order chi connectivity index (χ1) is 16.5. The van der Waals surface area contributed by atoms with Crippen molar-refractivity contribution in [1.29, 1.82) is 0 Å². The molecule has 34 heavy (non-hydrogen) atoms. The van der Waals surface area contributed by atoms with Crippen LogP contribution in [0, 0.1) is 11.8 Å². The van der Waals surface area contributed by atoms with Crippen molar-refractivity contribution in [2.45, 2.75) is 91.3 Å². The number of benzene rings is 2. The molecule has 0 saturated carbocycles. The molecule has 2 aromatic carbocycles. The number of carbonyl (C=O) groups is 2. The first-order valence-electron chi connectivity index (χ1n) is 13.0. The highest BCUT2D eigenvalue weighted by molar-refractivity contribution is 5.89. The lowest BCUT2D eigenvalue weighted by atomic mass is 9.77. The van der Waals surface area contributed by atoms with E-state index in [1.165, 1.54) is 0 Å². The number of esters is 2. The summed E-state index contributed by atoms with van der Waals surface area (Å²) in [6.45, 7) is 8.48. The number of hydrogen-bond acceptors (Lipinski definition) is 4. The molecule has 2 rings (SSSR count). The third-order valence-corrected chi connectivity index (χ3v) is 6.63. The Kier molecular flexibility index (Phi) is 12.4. The van der Waals surface area contributed by atoms with Gasteiger partial charge in [0.1, 0.15) is 12.2 Å². The molecule has 0 saturated heterocycles. The van der Waals surface area contributed by atoms with Gasteiger partial charge in [-0.05, 0) is 68.7 Å². The maximum absolute atomic E-state index is 12.8. The molecular weight excluding hydrogens is 424 g/mol. The lowest BCUT2D eigenvalue weighted by Crippen LogP contribution is -2.33. The third kappa shape index (κ3) is 8.96. The minimum absolute atomic E-state index is 0.157. The fraction of sp³-hybridized carbons (Fsp3) is 0.533. The van der Waals surface area contributed by atoms with E-state index in [0.717, 1.165) is 51.4 Å². The number of hydrogen-bond donors (Lipinski definition) is 0. The van der Waals surface area contributed by atoms with Crippen molar-refractivity contribution in [2.75, 3.05) is 0 Å². The molecule has 0 radical (unpaired) electrons. The van der Waals surface area contributed by atoms with E-state index in [0.29, 0.717) is 17.0 Å². The summed E-state index contributed by atoms with van der Waals surface area (Å²) in [7, 11) is 0. The maximum atomic E-state index is 12.8. The summed E-state index contributed by atoms with van der Waals surface area (Å²) >= 11 is 0. The highest BCUT2D eigenvalue weighted by Crippen LogP contribution is 2.34. The van der Waals surface area contributed by atoms with Gasteiger partial charge in [-0.3, -0.25) is 0 Å². The largest absolute Gasteiger partial charge is 0.459 e. The summed E-state index contributed by atoms with van der Waals surface area (Å²) in [6.07, 6.45) is 7.62. The van der Waals surface area contributed by atoms with Crippen molar-refractivity contribution in [2.24, 2.45) is 11.8 Å². The van der Waals surface area contributed by atoms with E-state index in [4.69, 9.17) is 9.47 Å². The van der Waals surface area contributed by atoms with Crippen LogP contribution in [-0.2, 0) is 9.47 Å². The number of ether oxygens (including phenoxy) is 2. The highest BCUT2D eigenvalue weighted by atomic mass is 16.5. The van der Waals surface area contributed by atoms with Gasteiger partial charge in [-0.2, -0.15) is 0 Å². The average molecular weight is 467 g/mol. The molecule has 0 fully saturated rings. The van der Waals surface area contributed by atoms with Gasteiger partial charge in [-0.1, -0.05) is 82.9 Å². The molecule has 0 aliphatic carbocycles. The summed E-state index contributed by atoms with van der Waals surface area (Å²) < 4.78 is 11.9. The number of carbonyl (C=O) groups excluding carboxylic acids is 2. The standard InChI is InChI=1S/C30H42O4/c1-5-8-16-26(22-27(7-3)34-30(32)25-19-14-11-15-20-25)28(21-9-6-2)23(4)33-29(31)24-17-12-10-13-18-24/h10-15,17-20,23,26-28H,5-9,16,21-22H2,1-4H3. The van der Waals surface area contributed by atoms with Gasteiger partial charge in [-0.25, -0.2) is 9.59 Å². The average Bonchev–Trinajstić information content (AvgIpc) is 2.87. The first kappa shape index (κ1) is 27.6. The molecule has 0 spiro atoms. The molecule has 4 nitrogen and oxygen atoms in total. The molecule has 0 N–H and O–H groups in total. The first-order valence-corrected chi connectivity index (χ1v) is 13.0. The summed E-state index contributed by atoms with van der Waals surface area (Å²) in [5, 5.41) is 0. The van der Waals surface area contributed by atoms with Crippen LogP contribution in [0.5, 0.6) is 0 Å². The number of rotatable bonds is 15. The van der Waals surface area contributed by atoms with Crippen molar-refractivity contribution in [3.05, 3.63) is 71.8 Å². The molecule has 0 aliphatic rings. The smallest absolute Gasteiger partial charge is 0.338 e. The van der Waals surface area contributed by atoms with Crippen molar-refractivity contribution in [1.82, 2.24) is 0 Å². The van der Waals surface area contributed by atoms with Crippen molar-refractivity contribution >= 4 is 11.9 Å². The van der Waals surface area contributed by atoms with E-state index in [1.807, 2.05) is 43.3 Å². The Morgan fingerprint density at radius 1 is 0.735 bits per heavy atom. The quantitative estimate of drug-likeness (QED) is 0.251. The van der Waals surface area contributed by atoms with Gasteiger partial charge in [-0.15, -0.1) is 0 Å². The second-order valence-electron chi connectivity index (χ2n) is 9.22. The lowest BCUT2D eigenvalue weighted by Gasteiger charge is -2.34. The molecular formula is C30H42O4. The van der Waals surface area contributed by atoms with Crippen molar-refractivity contribution in [3.63, 3.8) is 0 Å².